The van der Waals surface area contributed by atoms with Crippen molar-refractivity contribution in [2.45, 2.75) is 19.9 Å². The van der Waals surface area contributed by atoms with Crippen molar-refractivity contribution in [3.63, 3.8) is 0 Å². The first kappa shape index (κ1) is 13.3. The lowest BCUT2D eigenvalue weighted by atomic mass is 10.1. The van der Waals surface area contributed by atoms with Crippen LogP contribution in [0.3, 0.4) is 0 Å². The Hall–Kier alpha value is -2.17. The topological polar surface area (TPSA) is 47.0 Å². The van der Waals surface area contributed by atoms with Gasteiger partial charge in [-0.3, -0.25) is 0 Å². The summed E-state index contributed by atoms with van der Waals surface area (Å²) >= 11 is 0. The van der Waals surface area contributed by atoms with Crippen molar-refractivity contribution in [2.24, 2.45) is 0 Å². The van der Waals surface area contributed by atoms with E-state index in [1.54, 1.807) is 18.3 Å². The second-order valence-corrected chi connectivity index (χ2v) is 4.28. The Balaban J connectivity index is 2.18. The molecule has 1 aromatic heterocycles. The minimum Gasteiger partial charge on any atom is -0.494 e. The van der Waals surface area contributed by atoms with E-state index in [1.165, 1.54) is 13.2 Å². The predicted molar refractivity (Wildman–Crippen MR) is 71.8 cm³/mol. The van der Waals surface area contributed by atoms with E-state index in [0.717, 1.165) is 11.3 Å². The Labute approximate surface area is 111 Å². The van der Waals surface area contributed by atoms with Crippen molar-refractivity contribution in [1.29, 1.82) is 0 Å². The van der Waals surface area contributed by atoms with Gasteiger partial charge in [0.05, 0.1) is 13.2 Å². The molecule has 0 aliphatic carbocycles. The van der Waals surface area contributed by atoms with Crippen LogP contribution in [0.1, 0.15) is 24.2 Å². The molecule has 1 heterocycles. The van der Waals surface area contributed by atoms with Gasteiger partial charge in [-0.1, -0.05) is 6.07 Å². The summed E-state index contributed by atoms with van der Waals surface area (Å²) in [5.74, 6) is 0.414. The quantitative estimate of drug-likeness (QED) is 0.918. The van der Waals surface area contributed by atoms with E-state index < -0.39 is 0 Å². The van der Waals surface area contributed by atoms with E-state index >= 15 is 0 Å². The van der Waals surface area contributed by atoms with Crippen molar-refractivity contribution in [3.8, 4) is 5.75 Å². The lowest BCUT2D eigenvalue weighted by Gasteiger charge is -2.15. The molecule has 0 fully saturated rings. The molecule has 0 bridgehead atoms. The van der Waals surface area contributed by atoms with E-state index in [0.29, 0.717) is 5.95 Å². The number of hydrogen-bond acceptors (Lipinski definition) is 4. The lowest BCUT2D eigenvalue weighted by Crippen LogP contribution is -2.10. The maximum absolute atomic E-state index is 13.3. The molecule has 19 heavy (non-hydrogen) atoms. The number of nitrogens with zero attached hydrogens (tertiary/aromatic N) is 2. The third kappa shape index (κ3) is 3.19. The van der Waals surface area contributed by atoms with Gasteiger partial charge in [0.1, 0.15) is 0 Å². The van der Waals surface area contributed by atoms with Gasteiger partial charge in [-0.25, -0.2) is 14.4 Å². The summed E-state index contributed by atoms with van der Waals surface area (Å²) in [6.45, 7) is 3.86. The van der Waals surface area contributed by atoms with Gasteiger partial charge < -0.3 is 10.1 Å². The zero-order chi connectivity index (χ0) is 13.8. The van der Waals surface area contributed by atoms with Crippen molar-refractivity contribution in [1.82, 2.24) is 9.97 Å². The zero-order valence-corrected chi connectivity index (χ0v) is 11.1. The maximum Gasteiger partial charge on any atom is 0.223 e. The number of benzene rings is 1. The molecule has 1 aromatic carbocycles. The van der Waals surface area contributed by atoms with Gasteiger partial charge in [0.2, 0.25) is 5.95 Å². The second kappa shape index (κ2) is 5.65. The third-order valence-electron chi connectivity index (χ3n) is 2.82. The highest BCUT2D eigenvalue weighted by atomic mass is 19.1. The van der Waals surface area contributed by atoms with Crippen LogP contribution in [0.2, 0.25) is 0 Å². The first-order chi connectivity index (χ1) is 9.10. The van der Waals surface area contributed by atoms with Crippen LogP contribution in [0.15, 0.2) is 30.5 Å². The highest BCUT2D eigenvalue weighted by Crippen LogP contribution is 2.24. The highest BCUT2D eigenvalue weighted by molar-refractivity contribution is 5.36. The summed E-state index contributed by atoms with van der Waals surface area (Å²) in [5.41, 5.74) is 1.80. The van der Waals surface area contributed by atoms with Gasteiger partial charge in [-0.15, -0.1) is 0 Å². The molecule has 2 aromatic rings. The molecule has 0 spiro atoms. The van der Waals surface area contributed by atoms with Crippen LogP contribution in [0.4, 0.5) is 10.3 Å². The average Bonchev–Trinajstić information content (AvgIpc) is 2.39. The number of methoxy groups -OCH3 is 1. The van der Waals surface area contributed by atoms with Crippen LogP contribution >= 0.6 is 0 Å². The Kier molecular flexibility index (Phi) is 3.94. The molecule has 0 radical (unpaired) electrons. The highest BCUT2D eigenvalue weighted by Gasteiger charge is 2.10. The Morgan fingerprint density at radius 1 is 1.32 bits per heavy atom. The van der Waals surface area contributed by atoms with E-state index in [1.807, 2.05) is 19.9 Å². The van der Waals surface area contributed by atoms with E-state index in [2.05, 4.69) is 15.3 Å². The molecular weight excluding hydrogens is 245 g/mol. The lowest BCUT2D eigenvalue weighted by molar-refractivity contribution is 0.385. The molecule has 0 saturated heterocycles. The minimum absolute atomic E-state index is 0.0451. The zero-order valence-electron chi connectivity index (χ0n) is 11.1. The van der Waals surface area contributed by atoms with E-state index in [9.17, 15) is 4.39 Å². The number of nitrogens with one attached hydrogen (secondary N) is 1. The number of aryl methyl sites for hydroxylation is 1. The number of ether oxygens (including phenoxy) is 1. The fraction of sp³-hybridized carbons (Fsp3) is 0.286. The first-order valence-electron chi connectivity index (χ1n) is 6.00. The van der Waals surface area contributed by atoms with Crippen LogP contribution in [-0.4, -0.2) is 17.1 Å². The number of hydrogen-bond donors (Lipinski definition) is 1. The maximum atomic E-state index is 13.3. The Morgan fingerprint density at radius 2 is 2.11 bits per heavy atom. The largest absolute Gasteiger partial charge is 0.494 e. The summed E-state index contributed by atoms with van der Waals surface area (Å²) in [5, 5.41) is 3.17. The van der Waals surface area contributed by atoms with Crippen molar-refractivity contribution >= 4 is 5.95 Å². The van der Waals surface area contributed by atoms with Gasteiger partial charge in [0, 0.05) is 11.9 Å². The molecule has 2 rings (SSSR count). The molecule has 1 unspecified atom stereocenters. The normalized spacial score (nSPS) is 12.0. The Morgan fingerprint density at radius 3 is 2.79 bits per heavy atom. The standard InChI is InChI=1S/C14H16FN3O/c1-9-6-7-16-14(17-9)18-10(2)11-4-5-12(15)13(8-11)19-3/h4-8,10H,1-3H3,(H,16,17,18). The summed E-state index contributed by atoms with van der Waals surface area (Å²) in [6.07, 6.45) is 1.70. The fourth-order valence-corrected chi connectivity index (χ4v) is 1.74. The molecule has 0 aliphatic heterocycles. The van der Waals surface area contributed by atoms with Crippen molar-refractivity contribution in [3.05, 3.63) is 47.5 Å². The molecule has 1 atom stereocenters. The first-order valence-corrected chi connectivity index (χ1v) is 6.00. The monoisotopic (exact) mass is 261 g/mol. The molecule has 0 saturated carbocycles. The molecule has 5 heteroatoms. The average molecular weight is 261 g/mol. The second-order valence-electron chi connectivity index (χ2n) is 4.28. The third-order valence-corrected chi connectivity index (χ3v) is 2.82. The van der Waals surface area contributed by atoms with Crippen LogP contribution in [0.5, 0.6) is 5.75 Å². The van der Waals surface area contributed by atoms with Crippen LogP contribution in [-0.2, 0) is 0 Å². The Bertz CT molecular complexity index is 574. The fourth-order valence-electron chi connectivity index (χ4n) is 1.74. The van der Waals surface area contributed by atoms with Crippen molar-refractivity contribution < 1.29 is 9.13 Å². The van der Waals surface area contributed by atoms with Crippen LogP contribution < -0.4 is 10.1 Å². The van der Waals surface area contributed by atoms with Crippen LogP contribution in [0, 0.1) is 12.7 Å². The van der Waals surface area contributed by atoms with Gasteiger partial charge >= 0.3 is 0 Å². The minimum atomic E-state index is -0.370. The van der Waals surface area contributed by atoms with E-state index in [4.69, 9.17) is 4.74 Å². The van der Waals surface area contributed by atoms with Gasteiger partial charge in [0.15, 0.2) is 11.6 Å². The van der Waals surface area contributed by atoms with E-state index in [-0.39, 0.29) is 17.6 Å². The number of anilines is 1. The van der Waals surface area contributed by atoms with Gasteiger partial charge in [-0.05, 0) is 37.6 Å². The molecule has 0 amide bonds. The molecule has 100 valence electrons. The number of aromatic nitrogens is 2. The van der Waals surface area contributed by atoms with Crippen LogP contribution in [0.25, 0.3) is 0 Å². The van der Waals surface area contributed by atoms with Crippen molar-refractivity contribution in [2.75, 3.05) is 12.4 Å². The SMILES string of the molecule is COc1cc(C(C)Nc2nccc(C)n2)ccc1F. The smallest absolute Gasteiger partial charge is 0.223 e. The predicted octanol–water partition coefficient (Wildman–Crippen LogP) is 3.11. The summed E-state index contributed by atoms with van der Waals surface area (Å²) in [4.78, 5) is 8.41. The van der Waals surface area contributed by atoms with Gasteiger partial charge in [-0.2, -0.15) is 0 Å². The molecular formula is C14H16FN3O. The van der Waals surface area contributed by atoms with Gasteiger partial charge in [0.25, 0.3) is 0 Å². The molecule has 1 N–H and O–H groups in total. The number of halogens is 1. The molecule has 0 aliphatic rings. The number of rotatable bonds is 4. The summed E-state index contributed by atoms with van der Waals surface area (Å²) in [6, 6.07) is 6.56. The summed E-state index contributed by atoms with van der Waals surface area (Å²) in [7, 11) is 1.45. The molecule has 4 nitrogen and oxygen atoms in total. The summed E-state index contributed by atoms with van der Waals surface area (Å²) < 4.78 is 18.3.